The molecule has 3 aromatic rings. The fourth-order valence-electron chi connectivity index (χ4n) is 2.43. The van der Waals surface area contributed by atoms with Crippen LogP contribution in [0.1, 0.15) is 11.1 Å². The van der Waals surface area contributed by atoms with Gasteiger partial charge in [-0.1, -0.05) is 36.4 Å². The molecule has 0 fully saturated rings. The minimum Gasteiger partial charge on any atom is -0.392 e. The lowest BCUT2D eigenvalue weighted by Crippen LogP contribution is -1.92. The summed E-state index contributed by atoms with van der Waals surface area (Å²) >= 11 is 0. The summed E-state index contributed by atoms with van der Waals surface area (Å²) in [7, 11) is 0. The molecule has 3 aromatic carbocycles. The second-order valence-electron chi connectivity index (χ2n) is 4.44. The second-order valence-corrected chi connectivity index (χ2v) is 4.44. The van der Waals surface area contributed by atoms with Gasteiger partial charge in [0.2, 0.25) is 0 Å². The van der Waals surface area contributed by atoms with Gasteiger partial charge < -0.3 is 10.2 Å². The number of benzene rings is 3. The topological polar surface area (TPSA) is 40.5 Å². The molecule has 90 valence electrons. The zero-order valence-corrected chi connectivity index (χ0v) is 9.93. The molecule has 0 unspecified atom stereocenters. The van der Waals surface area contributed by atoms with Gasteiger partial charge in [0, 0.05) is 0 Å². The van der Waals surface area contributed by atoms with Crippen molar-refractivity contribution in [3.05, 3.63) is 59.7 Å². The minimum atomic E-state index is 0.0144. The van der Waals surface area contributed by atoms with E-state index in [0.717, 1.165) is 32.7 Å². The van der Waals surface area contributed by atoms with Crippen LogP contribution in [-0.2, 0) is 13.2 Å². The molecule has 18 heavy (non-hydrogen) atoms. The van der Waals surface area contributed by atoms with Gasteiger partial charge >= 0.3 is 0 Å². The quantitative estimate of drug-likeness (QED) is 0.674. The van der Waals surface area contributed by atoms with Crippen molar-refractivity contribution in [2.75, 3.05) is 0 Å². The Balaban J connectivity index is 2.46. The van der Waals surface area contributed by atoms with Crippen LogP contribution in [0.3, 0.4) is 0 Å². The Morgan fingerprint density at radius 3 is 1.50 bits per heavy atom. The Kier molecular flexibility index (Phi) is 2.74. The third-order valence-corrected chi connectivity index (χ3v) is 3.40. The van der Waals surface area contributed by atoms with E-state index in [1.54, 1.807) is 0 Å². The van der Waals surface area contributed by atoms with Crippen molar-refractivity contribution >= 4 is 21.5 Å². The average molecular weight is 238 g/mol. The predicted octanol–water partition coefficient (Wildman–Crippen LogP) is 2.98. The molecule has 0 atom stereocenters. The third kappa shape index (κ3) is 1.67. The van der Waals surface area contributed by atoms with E-state index in [2.05, 4.69) is 24.3 Å². The lowest BCUT2D eigenvalue weighted by Gasteiger charge is -2.10. The highest BCUT2D eigenvalue weighted by Gasteiger charge is 2.06. The predicted molar refractivity (Wildman–Crippen MR) is 73.3 cm³/mol. The Hall–Kier alpha value is -1.90. The number of aliphatic hydroxyl groups is 2. The first-order valence-electron chi connectivity index (χ1n) is 5.98. The van der Waals surface area contributed by atoms with E-state index in [-0.39, 0.29) is 13.2 Å². The monoisotopic (exact) mass is 238 g/mol. The zero-order valence-electron chi connectivity index (χ0n) is 9.93. The summed E-state index contributed by atoms with van der Waals surface area (Å²) in [5.74, 6) is 0. The van der Waals surface area contributed by atoms with E-state index in [4.69, 9.17) is 0 Å². The maximum absolute atomic E-state index is 9.41. The summed E-state index contributed by atoms with van der Waals surface area (Å²) in [6.45, 7) is 0.0289. The van der Waals surface area contributed by atoms with Crippen LogP contribution in [0, 0.1) is 0 Å². The van der Waals surface area contributed by atoms with Crippen LogP contribution in [-0.4, -0.2) is 10.2 Å². The molecule has 3 rings (SSSR count). The Labute approximate surface area is 105 Å². The van der Waals surface area contributed by atoms with Crippen LogP contribution in [0.2, 0.25) is 0 Å². The standard InChI is InChI=1S/C16H14O2/c17-9-13-5-6-14(10-18)16-8-12-4-2-1-3-11(12)7-15(13)16/h1-8,17-18H,9-10H2. The van der Waals surface area contributed by atoms with Gasteiger partial charge in [-0.3, -0.25) is 0 Å². The van der Waals surface area contributed by atoms with Gasteiger partial charge in [-0.25, -0.2) is 0 Å². The van der Waals surface area contributed by atoms with E-state index in [0.29, 0.717) is 0 Å². The van der Waals surface area contributed by atoms with Gasteiger partial charge in [-0.05, 0) is 44.8 Å². The highest BCUT2D eigenvalue weighted by Crippen LogP contribution is 2.28. The van der Waals surface area contributed by atoms with Crippen molar-refractivity contribution in [3.8, 4) is 0 Å². The molecular formula is C16H14O2. The molecule has 0 saturated heterocycles. The molecular weight excluding hydrogens is 224 g/mol. The minimum absolute atomic E-state index is 0.0144. The number of hydrogen-bond acceptors (Lipinski definition) is 2. The van der Waals surface area contributed by atoms with E-state index in [1.165, 1.54) is 0 Å². The van der Waals surface area contributed by atoms with Gasteiger partial charge in [0.25, 0.3) is 0 Å². The van der Waals surface area contributed by atoms with Gasteiger partial charge in [-0.2, -0.15) is 0 Å². The largest absolute Gasteiger partial charge is 0.392 e. The first-order valence-corrected chi connectivity index (χ1v) is 5.98. The van der Waals surface area contributed by atoms with Gasteiger partial charge in [0.15, 0.2) is 0 Å². The Morgan fingerprint density at radius 2 is 1.11 bits per heavy atom. The van der Waals surface area contributed by atoms with E-state index in [9.17, 15) is 10.2 Å². The lowest BCUT2D eigenvalue weighted by atomic mass is 9.96. The van der Waals surface area contributed by atoms with Gasteiger partial charge in [-0.15, -0.1) is 0 Å². The molecule has 0 radical (unpaired) electrons. The van der Waals surface area contributed by atoms with Crippen LogP contribution in [0.4, 0.5) is 0 Å². The van der Waals surface area contributed by atoms with Crippen LogP contribution in [0.15, 0.2) is 48.5 Å². The fraction of sp³-hybridized carbons (Fsp3) is 0.125. The lowest BCUT2D eigenvalue weighted by molar-refractivity contribution is 0.280. The average Bonchev–Trinajstić information content (AvgIpc) is 2.44. The molecule has 2 heteroatoms. The van der Waals surface area contributed by atoms with E-state index < -0.39 is 0 Å². The van der Waals surface area contributed by atoms with Crippen LogP contribution < -0.4 is 0 Å². The van der Waals surface area contributed by atoms with Crippen molar-refractivity contribution < 1.29 is 10.2 Å². The summed E-state index contributed by atoms with van der Waals surface area (Å²) in [5.41, 5.74) is 1.79. The molecule has 0 aliphatic carbocycles. The van der Waals surface area contributed by atoms with Gasteiger partial charge in [0.1, 0.15) is 0 Å². The first-order chi connectivity index (χ1) is 8.83. The van der Waals surface area contributed by atoms with Crippen LogP contribution >= 0.6 is 0 Å². The number of fused-ring (bicyclic) bond motifs is 2. The number of rotatable bonds is 2. The van der Waals surface area contributed by atoms with Crippen molar-refractivity contribution in [1.29, 1.82) is 0 Å². The first kappa shape index (κ1) is 11.2. The molecule has 2 N–H and O–H groups in total. The molecule has 0 saturated carbocycles. The molecule has 0 heterocycles. The maximum Gasteiger partial charge on any atom is 0.0687 e. The van der Waals surface area contributed by atoms with Crippen molar-refractivity contribution in [3.63, 3.8) is 0 Å². The normalized spacial score (nSPS) is 11.2. The number of hydrogen-bond donors (Lipinski definition) is 2. The molecule has 0 amide bonds. The van der Waals surface area contributed by atoms with E-state index >= 15 is 0 Å². The SMILES string of the molecule is OCc1ccc(CO)c2cc3ccccc3cc12. The summed E-state index contributed by atoms with van der Waals surface area (Å²) in [6, 6.07) is 16.0. The summed E-state index contributed by atoms with van der Waals surface area (Å²) in [4.78, 5) is 0. The zero-order chi connectivity index (χ0) is 12.5. The second kappa shape index (κ2) is 4.41. The molecule has 0 aliphatic rings. The molecule has 0 aromatic heterocycles. The van der Waals surface area contributed by atoms with Crippen LogP contribution in [0.5, 0.6) is 0 Å². The highest BCUT2D eigenvalue weighted by molar-refractivity contribution is 6.01. The summed E-state index contributed by atoms with van der Waals surface area (Å²) in [5, 5.41) is 23.1. The maximum atomic E-state index is 9.41. The fourth-order valence-corrected chi connectivity index (χ4v) is 2.43. The summed E-state index contributed by atoms with van der Waals surface area (Å²) < 4.78 is 0. The molecule has 2 nitrogen and oxygen atoms in total. The van der Waals surface area contributed by atoms with Crippen molar-refractivity contribution in [2.24, 2.45) is 0 Å². The smallest absolute Gasteiger partial charge is 0.0687 e. The third-order valence-electron chi connectivity index (χ3n) is 3.40. The molecule has 0 aliphatic heterocycles. The summed E-state index contributed by atoms with van der Waals surface area (Å²) in [6.07, 6.45) is 0. The highest BCUT2D eigenvalue weighted by atomic mass is 16.3. The van der Waals surface area contributed by atoms with E-state index in [1.807, 2.05) is 24.3 Å². The van der Waals surface area contributed by atoms with Gasteiger partial charge in [0.05, 0.1) is 13.2 Å². The van der Waals surface area contributed by atoms with Crippen molar-refractivity contribution in [2.45, 2.75) is 13.2 Å². The Bertz CT molecular complexity index is 655. The molecule has 0 spiro atoms. The Morgan fingerprint density at radius 1 is 0.667 bits per heavy atom. The van der Waals surface area contributed by atoms with Crippen molar-refractivity contribution in [1.82, 2.24) is 0 Å². The number of aliphatic hydroxyl groups excluding tert-OH is 2. The van der Waals surface area contributed by atoms with Crippen LogP contribution in [0.25, 0.3) is 21.5 Å². The molecule has 0 bridgehead atoms.